The summed E-state index contributed by atoms with van der Waals surface area (Å²) in [7, 11) is 0. The van der Waals surface area contributed by atoms with Crippen molar-refractivity contribution >= 4 is 40.3 Å². The van der Waals surface area contributed by atoms with E-state index in [9.17, 15) is 14.9 Å². The highest BCUT2D eigenvalue weighted by atomic mass is 32.1. The molecule has 10 heteroatoms. The fraction of sp³-hybridized carbons (Fsp3) is 0.462. The van der Waals surface area contributed by atoms with Gasteiger partial charge in [-0.15, -0.1) is 0 Å². The van der Waals surface area contributed by atoms with E-state index in [0.29, 0.717) is 48.3 Å². The Morgan fingerprint density at radius 2 is 1.72 bits per heavy atom. The summed E-state index contributed by atoms with van der Waals surface area (Å²) in [6.45, 7) is 8.25. The molecule has 36 heavy (non-hydrogen) atoms. The molecule has 2 saturated heterocycles. The van der Waals surface area contributed by atoms with Crippen LogP contribution in [-0.2, 0) is 0 Å². The molecule has 2 heterocycles. The van der Waals surface area contributed by atoms with Gasteiger partial charge in [0, 0.05) is 56.6 Å². The Morgan fingerprint density at radius 1 is 1.00 bits per heavy atom. The second kappa shape index (κ2) is 11.6. The van der Waals surface area contributed by atoms with Crippen LogP contribution in [0.1, 0.15) is 43.5 Å². The number of carbonyl (C=O) groups excluding carboxylic acids is 1. The van der Waals surface area contributed by atoms with Crippen molar-refractivity contribution in [1.82, 2.24) is 10.2 Å². The number of nitro benzene ring substituents is 1. The minimum Gasteiger partial charge on any atom is -0.491 e. The quantitative estimate of drug-likeness (QED) is 0.350. The average molecular weight is 512 g/mol. The topological polar surface area (TPSA) is 91.2 Å². The number of ether oxygens (including phenoxy) is 1. The largest absolute Gasteiger partial charge is 0.491 e. The van der Waals surface area contributed by atoms with Gasteiger partial charge in [0.25, 0.3) is 11.6 Å². The van der Waals surface area contributed by atoms with Crippen molar-refractivity contribution in [2.75, 3.05) is 49.1 Å². The Bertz CT molecular complexity index is 1110. The molecule has 192 valence electrons. The van der Waals surface area contributed by atoms with Gasteiger partial charge in [-0.3, -0.25) is 20.2 Å². The Hall–Kier alpha value is -3.40. The van der Waals surface area contributed by atoms with Gasteiger partial charge < -0.3 is 19.4 Å². The highest BCUT2D eigenvalue weighted by molar-refractivity contribution is 7.80. The second-order valence-electron chi connectivity index (χ2n) is 9.41. The molecule has 2 aliphatic heterocycles. The van der Waals surface area contributed by atoms with Gasteiger partial charge in [0.15, 0.2) is 5.11 Å². The number of nitro groups is 1. The summed E-state index contributed by atoms with van der Waals surface area (Å²) >= 11 is 5.52. The highest BCUT2D eigenvalue weighted by Crippen LogP contribution is 2.34. The molecule has 4 rings (SSSR count). The zero-order valence-electron chi connectivity index (χ0n) is 20.8. The number of nitrogens with one attached hydrogen (secondary N) is 1. The van der Waals surface area contributed by atoms with Crippen LogP contribution in [0.3, 0.4) is 0 Å². The van der Waals surface area contributed by atoms with Crippen molar-refractivity contribution in [3.05, 3.63) is 58.1 Å². The van der Waals surface area contributed by atoms with E-state index in [-0.39, 0.29) is 22.6 Å². The monoisotopic (exact) mass is 511 g/mol. The van der Waals surface area contributed by atoms with Crippen LogP contribution in [0.5, 0.6) is 5.75 Å². The lowest BCUT2D eigenvalue weighted by atomic mass is 10.1. The molecular formula is C26H33N5O4S. The first-order valence-corrected chi connectivity index (χ1v) is 12.9. The Labute approximate surface area is 217 Å². The first-order valence-electron chi connectivity index (χ1n) is 12.5. The van der Waals surface area contributed by atoms with Gasteiger partial charge in [-0.05, 0) is 75.7 Å². The summed E-state index contributed by atoms with van der Waals surface area (Å²) in [5.74, 6) is 0.377. The SMILES string of the molecule is CC(C)Oc1cccc(C(=O)NC(=S)N2CCN(c3ccc([N+](=O)[O-])c(N4CCCCC4)c3)CC2)c1. The lowest BCUT2D eigenvalue weighted by Gasteiger charge is -2.37. The molecule has 1 N–H and O–H groups in total. The zero-order valence-corrected chi connectivity index (χ0v) is 21.6. The Morgan fingerprint density at radius 3 is 2.39 bits per heavy atom. The number of piperidine rings is 1. The maximum atomic E-state index is 12.7. The van der Waals surface area contributed by atoms with E-state index in [1.807, 2.05) is 36.9 Å². The molecule has 0 aromatic heterocycles. The molecule has 0 aliphatic carbocycles. The first-order chi connectivity index (χ1) is 17.3. The third-order valence-electron chi connectivity index (χ3n) is 6.47. The van der Waals surface area contributed by atoms with Gasteiger partial charge in [-0.1, -0.05) is 6.07 Å². The van der Waals surface area contributed by atoms with Gasteiger partial charge in [0.05, 0.1) is 11.0 Å². The van der Waals surface area contributed by atoms with Crippen molar-refractivity contribution in [3.8, 4) is 5.75 Å². The van der Waals surface area contributed by atoms with E-state index in [1.165, 1.54) is 6.42 Å². The number of anilines is 2. The molecular weight excluding hydrogens is 478 g/mol. The van der Waals surface area contributed by atoms with Crippen molar-refractivity contribution in [2.45, 2.75) is 39.2 Å². The summed E-state index contributed by atoms with van der Waals surface area (Å²) in [4.78, 5) is 30.4. The molecule has 0 spiro atoms. The van der Waals surface area contributed by atoms with E-state index in [1.54, 1.807) is 24.3 Å². The number of thiocarbonyl (C=S) groups is 1. The summed E-state index contributed by atoms with van der Waals surface area (Å²) in [6, 6.07) is 12.5. The van der Waals surface area contributed by atoms with Gasteiger partial charge in [-0.25, -0.2) is 0 Å². The number of nitrogens with zero attached hydrogens (tertiary/aromatic N) is 4. The van der Waals surface area contributed by atoms with E-state index >= 15 is 0 Å². The first kappa shape index (κ1) is 25.7. The number of hydrogen-bond acceptors (Lipinski definition) is 7. The smallest absolute Gasteiger partial charge is 0.292 e. The van der Waals surface area contributed by atoms with Gasteiger partial charge in [-0.2, -0.15) is 0 Å². The summed E-state index contributed by atoms with van der Waals surface area (Å²) in [5.41, 5.74) is 2.32. The van der Waals surface area contributed by atoms with Gasteiger partial charge >= 0.3 is 0 Å². The molecule has 0 atom stereocenters. The number of carbonyl (C=O) groups is 1. The maximum absolute atomic E-state index is 12.7. The van der Waals surface area contributed by atoms with Crippen LogP contribution < -0.4 is 19.9 Å². The van der Waals surface area contributed by atoms with Crippen LogP contribution in [0, 0.1) is 10.1 Å². The number of benzene rings is 2. The third kappa shape index (κ3) is 6.23. The second-order valence-corrected chi connectivity index (χ2v) is 9.79. The highest BCUT2D eigenvalue weighted by Gasteiger charge is 2.25. The molecule has 2 aromatic carbocycles. The zero-order chi connectivity index (χ0) is 25.7. The van der Waals surface area contributed by atoms with Gasteiger partial charge in [0.2, 0.25) is 0 Å². The molecule has 2 aliphatic rings. The predicted octanol–water partition coefficient (Wildman–Crippen LogP) is 4.21. The fourth-order valence-electron chi connectivity index (χ4n) is 4.65. The lowest BCUT2D eigenvalue weighted by molar-refractivity contribution is -0.384. The number of piperazine rings is 1. The minimum atomic E-state index is -0.294. The van der Waals surface area contributed by atoms with E-state index < -0.39 is 0 Å². The van der Waals surface area contributed by atoms with Crippen molar-refractivity contribution in [2.24, 2.45) is 0 Å². The molecule has 2 fully saturated rings. The molecule has 0 saturated carbocycles. The number of hydrogen-bond donors (Lipinski definition) is 1. The molecule has 9 nitrogen and oxygen atoms in total. The lowest BCUT2D eigenvalue weighted by Crippen LogP contribution is -2.52. The van der Waals surface area contributed by atoms with Crippen molar-refractivity contribution in [3.63, 3.8) is 0 Å². The molecule has 2 aromatic rings. The van der Waals surface area contributed by atoms with Crippen LogP contribution in [0.15, 0.2) is 42.5 Å². The number of rotatable bonds is 6. The summed E-state index contributed by atoms with van der Waals surface area (Å²) < 4.78 is 5.68. The standard InChI is InChI=1S/C26H33N5O4S/c1-19(2)35-22-8-6-7-20(17-22)25(32)27-26(36)30-15-13-28(14-16-30)21-9-10-23(31(33)34)24(18-21)29-11-4-3-5-12-29/h6-10,17-19H,3-5,11-16H2,1-2H3,(H,27,32,36). The summed E-state index contributed by atoms with van der Waals surface area (Å²) in [6.07, 6.45) is 3.29. The Balaban J connectivity index is 1.37. The normalized spacial score (nSPS) is 16.1. The van der Waals surface area contributed by atoms with E-state index in [4.69, 9.17) is 17.0 Å². The van der Waals surface area contributed by atoms with Crippen LogP contribution >= 0.6 is 12.2 Å². The van der Waals surface area contributed by atoms with E-state index in [0.717, 1.165) is 31.6 Å². The third-order valence-corrected chi connectivity index (χ3v) is 6.83. The minimum absolute atomic E-state index is 0.0207. The van der Waals surface area contributed by atoms with Gasteiger partial charge in [0.1, 0.15) is 11.4 Å². The molecule has 0 bridgehead atoms. The molecule has 1 amide bonds. The molecule has 0 unspecified atom stereocenters. The van der Waals surface area contributed by atoms with Crippen molar-refractivity contribution in [1.29, 1.82) is 0 Å². The Kier molecular flexibility index (Phi) is 8.25. The van der Waals surface area contributed by atoms with Crippen LogP contribution in [0.4, 0.5) is 17.1 Å². The summed E-state index contributed by atoms with van der Waals surface area (Å²) in [5, 5.41) is 14.9. The van der Waals surface area contributed by atoms with Crippen molar-refractivity contribution < 1.29 is 14.5 Å². The van der Waals surface area contributed by atoms with E-state index in [2.05, 4.69) is 15.1 Å². The number of amides is 1. The van der Waals surface area contributed by atoms with Crippen LogP contribution in [-0.4, -0.2) is 66.2 Å². The molecule has 0 radical (unpaired) electrons. The average Bonchev–Trinajstić information content (AvgIpc) is 2.88. The predicted molar refractivity (Wildman–Crippen MR) is 145 cm³/mol. The van der Waals surface area contributed by atoms with Crippen LogP contribution in [0.25, 0.3) is 0 Å². The maximum Gasteiger partial charge on any atom is 0.292 e. The fourth-order valence-corrected chi connectivity index (χ4v) is 4.93. The van der Waals surface area contributed by atoms with Crippen LogP contribution in [0.2, 0.25) is 0 Å².